The maximum absolute atomic E-state index is 12.4. The lowest BCUT2D eigenvalue weighted by atomic mass is 10.0. The molecule has 0 bridgehead atoms. The molecule has 6 heteroatoms. The molecule has 0 N–H and O–H groups in total. The van der Waals surface area contributed by atoms with Gasteiger partial charge in [-0.2, -0.15) is 0 Å². The van der Waals surface area contributed by atoms with E-state index in [-0.39, 0.29) is 12.1 Å². The summed E-state index contributed by atoms with van der Waals surface area (Å²) in [6.07, 6.45) is 2.80. The summed E-state index contributed by atoms with van der Waals surface area (Å²) in [5.74, 6) is 0. The number of ether oxygens (including phenoxy) is 2. The monoisotopic (exact) mass is 348 g/mol. The Morgan fingerprint density at radius 1 is 1.33 bits per heavy atom. The van der Waals surface area contributed by atoms with Crippen molar-refractivity contribution in [2.75, 3.05) is 13.2 Å². The summed E-state index contributed by atoms with van der Waals surface area (Å²) in [6, 6.07) is 8.02. The number of hydrogen-bond acceptors (Lipinski definition) is 5. The Hall–Kier alpha value is -1.82. The van der Waals surface area contributed by atoms with Crippen molar-refractivity contribution in [3.8, 4) is 5.19 Å². The van der Waals surface area contributed by atoms with Gasteiger partial charge in [0.15, 0.2) is 0 Å². The largest absolute Gasteiger partial charge is 0.468 e. The van der Waals surface area contributed by atoms with Crippen LogP contribution in [0.25, 0.3) is 10.2 Å². The Morgan fingerprint density at radius 2 is 2.12 bits per heavy atom. The zero-order chi connectivity index (χ0) is 17.2. The minimum atomic E-state index is -0.479. The average Bonchev–Trinajstić information content (AvgIpc) is 2.94. The van der Waals surface area contributed by atoms with E-state index in [0.29, 0.717) is 11.8 Å². The van der Waals surface area contributed by atoms with Crippen LogP contribution >= 0.6 is 11.3 Å². The summed E-state index contributed by atoms with van der Waals surface area (Å²) in [6.45, 7) is 6.85. The van der Waals surface area contributed by atoms with Gasteiger partial charge in [-0.1, -0.05) is 23.5 Å². The number of rotatable bonds is 3. The molecule has 1 aliphatic rings. The molecular weight excluding hydrogens is 324 g/mol. The molecule has 1 fully saturated rings. The quantitative estimate of drug-likeness (QED) is 0.821. The summed E-state index contributed by atoms with van der Waals surface area (Å²) in [5.41, 5.74) is 0.470. The highest BCUT2D eigenvalue weighted by Crippen LogP contribution is 2.28. The van der Waals surface area contributed by atoms with E-state index in [1.54, 1.807) is 0 Å². The summed E-state index contributed by atoms with van der Waals surface area (Å²) in [4.78, 5) is 18.7. The predicted octanol–water partition coefficient (Wildman–Crippen LogP) is 4.46. The number of carbonyl (C=O) groups is 1. The summed E-state index contributed by atoms with van der Waals surface area (Å²) >= 11 is 1.54. The van der Waals surface area contributed by atoms with Gasteiger partial charge < -0.3 is 14.4 Å². The summed E-state index contributed by atoms with van der Waals surface area (Å²) in [7, 11) is 0. The highest BCUT2D eigenvalue weighted by atomic mass is 32.1. The smallest absolute Gasteiger partial charge is 0.410 e. The van der Waals surface area contributed by atoms with Crippen LogP contribution < -0.4 is 4.74 Å². The van der Waals surface area contributed by atoms with Crippen LogP contribution in [-0.4, -0.2) is 40.8 Å². The lowest BCUT2D eigenvalue weighted by Crippen LogP contribution is -2.48. The predicted molar refractivity (Wildman–Crippen MR) is 95.7 cm³/mol. The Morgan fingerprint density at radius 3 is 2.88 bits per heavy atom. The number of hydrogen-bond donors (Lipinski definition) is 0. The van der Waals surface area contributed by atoms with Crippen LogP contribution in [0.15, 0.2) is 24.3 Å². The second-order valence-corrected chi connectivity index (χ2v) is 8.08. The molecule has 1 atom stereocenters. The van der Waals surface area contributed by atoms with Crippen LogP contribution in [0.1, 0.15) is 40.0 Å². The van der Waals surface area contributed by atoms with Crippen LogP contribution in [0.3, 0.4) is 0 Å². The number of piperidine rings is 1. The lowest BCUT2D eigenvalue weighted by molar-refractivity contribution is 0.00360. The third-order valence-electron chi connectivity index (χ3n) is 3.93. The van der Waals surface area contributed by atoms with E-state index in [2.05, 4.69) is 4.98 Å². The van der Waals surface area contributed by atoms with Crippen molar-refractivity contribution in [3.63, 3.8) is 0 Å². The topological polar surface area (TPSA) is 51.7 Å². The van der Waals surface area contributed by atoms with Gasteiger partial charge in [0.2, 0.25) is 0 Å². The first-order valence-electron chi connectivity index (χ1n) is 8.40. The first-order valence-corrected chi connectivity index (χ1v) is 9.22. The van der Waals surface area contributed by atoms with E-state index in [0.717, 1.165) is 36.0 Å². The molecule has 0 radical (unpaired) electrons. The number of para-hydroxylation sites is 1. The molecule has 1 saturated heterocycles. The zero-order valence-corrected chi connectivity index (χ0v) is 15.3. The van der Waals surface area contributed by atoms with E-state index < -0.39 is 5.60 Å². The van der Waals surface area contributed by atoms with Crippen molar-refractivity contribution in [1.82, 2.24) is 9.88 Å². The Bertz CT molecular complexity index is 675. The number of likely N-dealkylation sites (tertiary alicyclic amines) is 1. The third kappa shape index (κ3) is 4.17. The van der Waals surface area contributed by atoms with E-state index in [1.165, 1.54) is 11.3 Å². The molecular formula is C18H24N2O3S. The van der Waals surface area contributed by atoms with E-state index in [1.807, 2.05) is 49.9 Å². The van der Waals surface area contributed by atoms with Crippen LogP contribution in [0.5, 0.6) is 5.19 Å². The summed E-state index contributed by atoms with van der Waals surface area (Å²) < 4.78 is 12.5. The van der Waals surface area contributed by atoms with Gasteiger partial charge in [-0.3, -0.25) is 0 Å². The molecule has 0 aliphatic carbocycles. The van der Waals surface area contributed by atoms with Crippen molar-refractivity contribution in [1.29, 1.82) is 0 Å². The van der Waals surface area contributed by atoms with Gasteiger partial charge in [0, 0.05) is 6.54 Å². The first kappa shape index (κ1) is 17.0. The molecule has 1 aliphatic heterocycles. The molecule has 3 rings (SSSR count). The van der Waals surface area contributed by atoms with Crippen molar-refractivity contribution in [2.45, 2.75) is 51.7 Å². The van der Waals surface area contributed by atoms with Gasteiger partial charge in [-0.05, 0) is 52.2 Å². The van der Waals surface area contributed by atoms with Crippen LogP contribution in [-0.2, 0) is 4.74 Å². The number of carbonyl (C=O) groups excluding carboxylic acids is 1. The first-order chi connectivity index (χ1) is 11.4. The second kappa shape index (κ2) is 6.97. The van der Waals surface area contributed by atoms with Gasteiger partial charge in [0.25, 0.3) is 5.19 Å². The van der Waals surface area contributed by atoms with Crippen molar-refractivity contribution < 1.29 is 14.3 Å². The molecule has 1 aromatic carbocycles. The molecule has 2 heterocycles. The second-order valence-electron chi connectivity index (χ2n) is 7.08. The number of amides is 1. The number of aromatic nitrogens is 1. The SMILES string of the molecule is CC(C)(C)OC(=O)N1CCCC[C@@H]1COc1nc2ccccc2s1. The van der Waals surface area contributed by atoms with E-state index >= 15 is 0 Å². The number of thiazole rings is 1. The number of nitrogens with zero attached hydrogens (tertiary/aromatic N) is 2. The molecule has 0 saturated carbocycles. The Kier molecular flexibility index (Phi) is 4.94. The normalized spacial score (nSPS) is 18.6. The summed E-state index contributed by atoms with van der Waals surface area (Å²) in [5, 5.41) is 0.658. The van der Waals surface area contributed by atoms with Gasteiger partial charge >= 0.3 is 6.09 Å². The molecule has 1 amide bonds. The van der Waals surface area contributed by atoms with Crippen molar-refractivity contribution in [3.05, 3.63) is 24.3 Å². The van der Waals surface area contributed by atoms with Crippen molar-refractivity contribution in [2.24, 2.45) is 0 Å². The van der Waals surface area contributed by atoms with Gasteiger partial charge in [-0.15, -0.1) is 0 Å². The van der Waals surface area contributed by atoms with Gasteiger partial charge in [0.1, 0.15) is 12.2 Å². The number of benzene rings is 1. The Labute approximate surface area is 146 Å². The molecule has 2 aromatic rings. The zero-order valence-electron chi connectivity index (χ0n) is 14.4. The standard InChI is InChI=1S/C18H24N2O3S/c1-18(2,3)23-17(21)20-11-7-6-8-13(20)12-22-16-19-14-9-4-5-10-15(14)24-16/h4-5,9-10,13H,6-8,11-12H2,1-3H3/t13-/m1/s1. The number of fused-ring (bicyclic) bond motifs is 1. The minimum Gasteiger partial charge on any atom is -0.468 e. The molecule has 1 aromatic heterocycles. The molecule has 0 spiro atoms. The fourth-order valence-corrected chi connectivity index (χ4v) is 3.64. The van der Waals surface area contributed by atoms with Crippen LogP contribution in [0.4, 0.5) is 4.79 Å². The molecule has 24 heavy (non-hydrogen) atoms. The maximum Gasteiger partial charge on any atom is 0.410 e. The van der Waals surface area contributed by atoms with Gasteiger partial charge in [0.05, 0.1) is 16.3 Å². The lowest BCUT2D eigenvalue weighted by Gasteiger charge is -2.36. The minimum absolute atomic E-state index is 0.0422. The fourth-order valence-electron chi connectivity index (χ4n) is 2.82. The maximum atomic E-state index is 12.4. The fraction of sp³-hybridized carbons (Fsp3) is 0.556. The highest BCUT2D eigenvalue weighted by molar-refractivity contribution is 7.20. The van der Waals surface area contributed by atoms with Gasteiger partial charge in [-0.25, -0.2) is 9.78 Å². The molecule has 5 nitrogen and oxygen atoms in total. The van der Waals surface area contributed by atoms with Crippen molar-refractivity contribution >= 4 is 27.6 Å². The third-order valence-corrected chi connectivity index (χ3v) is 4.88. The van der Waals surface area contributed by atoms with E-state index in [9.17, 15) is 4.79 Å². The molecule has 0 unspecified atom stereocenters. The average molecular weight is 348 g/mol. The molecule has 130 valence electrons. The van der Waals surface area contributed by atoms with Crippen LogP contribution in [0.2, 0.25) is 0 Å². The van der Waals surface area contributed by atoms with E-state index in [4.69, 9.17) is 9.47 Å². The van der Waals surface area contributed by atoms with Crippen LogP contribution in [0, 0.1) is 0 Å². The Balaban J connectivity index is 1.64. The highest BCUT2D eigenvalue weighted by Gasteiger charge is 2.31.